The van der Waals surface area contributed by atoms with E-state index in [2.05, 4.69) is 32.7 Å². The van der Waals surface area contributed by atoms with Gasteiger partial charge in [0.05, 0.1) is 16.7 Å². The normalized spacial score (nSPS) is 11.4. The van der Waals surface area contributed by atoms with Crippen molar-refractivity contribution in [2.24, 2.45) is 7.05 Å². The van der Waals surface area contributed by atoms with Crippen LogP contribution in [0.1, 0.15) is 10.4 Å². The van der Waals surface area contributed by atoms with Crippen LogP contribution in [-0.2, 0) is 7.05 Å². The SMILES string of the molecule is Cn1c(-c2nc3ccc(C(=O)CO)cc3[nH]2)cc2ccccc21. The summed E-state index contributed by atoms with van der Waals surface area (Å²) in [5.41, 5.74) is 4.17. The molecule has 2 aromatic heterocycles. The molecule has 0 aliphatic heterocycles. The number of para-hydroxylation sites is 1. The Morgan fingerprint density at radius 2 is 2.04 bits per heavy atom. The van der Waals surface area contributed by atoms with Crippen LogP contribution in [0.2, 0.25) is 0 Å². The van der Waals surface area contributed by atoms with Crippen molar-refractivity contribution >= 4 is 27.7 Å². The van der Waals surface area contributed by atoms with Crippen LogP contribution in [-0.4, -0.2) is 32.0 Å². The predicted octanol–water partition coefficient (Wildman–Crippen LogP) is 2.90. The first-order valence-corrected chi connectivity index (χ1v) is 7.36. The fraction of sp³-hybridized carbons (Fsp3) is 0.111. The molecule has 0 saturated carbocycles. The van der Waals surface area contributed by atoms with Gasteiger partial charge in [0.15, 0.2) is 11.6 Å². The topological polar surface area (TPSA) is 70.9 Å². The van der Waals surface area contributed by atoms with E-state index in [0.717, 1.165) is 33.5 Å². The number of H-pyrrole nitrogens is 1. The van der Waals surface area contributed by atoms with Crippen molar-refractivity contribution in [1.29, 1.82) is 0 Å². The van der Waals surface area contributed by atoms with Crippen molar-refractivity contribution in [2.75, 3.05) is 6.61 Å². The zero-order valence-corrected chi connectivity index (χ0v) is 12.6. The van der Waals surface area contributed by atoms with Crippen molar-refractivity contribution in [3.05, 3.63) is 54.1 Å². The Morgan fingerprint density at radius 1 is 1.22 bits per heavy atom. The smallest absolute Gasteiger partial charge is 0.188 e. The van der Waals surface area contributed by atoms with Crippen LogP contribution in [0.5, 0.6) is 0 Å². The molecule has 2 N–H and O–H groups in total. The summed E-state index contributed by atoms with van der Waals surface area (Å²) in [6.07, 6.45) is 0. The number of hydrogen-bond acceptors (Lipinski definition) is 3. The highest BCUT2D eigenvalue weighted by Crippen LogP contribution is 2.27. The zero-order chi connectivity index (χ0) is 16.0. The summed E-state index contributed by atoms with van der Waals surface area (Å²) in [5.74, 6) is 0.458. The number of aryl methyl sites for hydroxylation is 1. The van der Waals surface area contributed by atoms with E-state index in [-0.39, 0.29) is 5.78 Å². The second kappa shape index (κ2) is 5.07. The summed E-state index contributed by atoms with van der Waals surface area (Å²) in [6, 6.07) is 15.5. The Labute approximate surface area is 132 Å². The van der Waals surface area contributed by atoms with Gasteiger partial charge in [0.1, 0.15) is 6.61 Å². The molecular weight excluding hydrogens is 290 g/mol. The standard InChI is InChI=1S/C18H15N3O2/c1-21-15-5-3-2-4-11(15)9-16(21)18-19-13-7-6-12(17(23)10-22)8-14(13)20-18/h2-9,22H,10H2,1H3,(H,19,20). The summed E-state index contributed by atoms with van der Waals surface area (Å²) in [6.45, 7) is -0.490. The number of imidazole rings is 1. The molecule has 0 radical (unpaired) electrons. The first kappa shape index (κ1) is 13.7. The van der Waals surface area contributed by atoms with Gasteiger partial charge >= 0.3 is 0 Å². The average molecular weight is 305 g/mol. The van der Waals surface area contributed by atoms with E-state index >= 15 is 0 Å². The molecule has 23 heavy (non-hydrogen) atoms. The zero-order valence-electron chi connectivity index (χ0n) is 12.6. The number of Topliss-reactive ketones (excluding diaryl/α,β-unsaturated/α-hetero) is 1. The quantitative estimate of drug-likeness (QED) is 0.572. The third-order valence-corrected chi connectivity index (χ3v) is 4.14. The lowest BCUT2D eigenvalue weighted by atomic mass is 10.1. The number of aliphatic hydroxyl groups excluding tert-OH is 1. The molecule has 0 bridgehead atoms. The maximum atomic E-state index is 11.6. The molecule has 114 valence electrons. The van der Waals surface area contributed by atoms with Gasteiger partial charge in [-0.25, -0.2) is 4.98 Å². The number of carbonyl (C=O) groups is 1. The minimum absolute atomic E-state index is 0.298. The van der Waals surface area contributed by atoms with Gasteiger partial charge in [-0.1, -0.05) is 18.2 Å². The summed E-state index contributed by atoms with van der Waals surface area (Å²) >= 11 is 0. The molecule has 4 aromatic rings. The molecule has 0 fully saturated rings. The maximum absolute atomic E-state index is 11.6. The maximum Gasteiger partial charge on any atom is 0.188 e. The Morgan fingerprint density at radius 3 is 2.83 bits per heavy atom. The first-order valence-electron chi connectivity index (χ1n) is 7.36. The molecule has 0 atom stereocenters. The molecule has 0 aliphatic carbocycles. The minimum atomic E-state index is -0.490. The number of nitrogens with zero attached hydrogens (tertiary/aromatic N) is 2. The molecule has 0 saturated heterocycles. The number of aliphatic hydroxyl groups is 1. The van der Waals surface area contributed by atoms with E-state index in [1.165, 1.54) is 0 Å². The summed E-state index contributed by atoms with van der Waals surface area (Å²) < 4.78 is 2.09. The molecule has 0 spiro atoms. The van der Waals surface area contributed by atoms with Crippen LogP contribution in [0.3, 0.4) is 0 Å². The van der Waals surface area contributed by atoms with Gasteiger partial charge in [0, 0.05) is 23.5 Å². The van der Waals surface area contributed by atoms with Gasteiger partial charge in [-0.2, -0.15) is 0 Å². The van der Waals surface area contributed by atoms with Crippen LogP contribution >= 0.6 is 0 Å². The minimum Gasteiger partial charge on any atom is -0.388 e. The Bertz CT molecular complexity index is 1040. The second-order valence-corrected chi connectivity index (χ2v) is 5.55. The summed E-state index contributed by atoms with van der Waals surface area (Å²) in [7, 11) is 2.01. The van der Waals surface area contributed by atoms with Gasteiger partial charge in [0.2, 0.25) is 0 Å². The number of hydrogen-bond donors (Lipinski definition) is 2. The van der Waals surface area contributed by atoms with Crippen molar-refractivity contribution in [3.63, 3.8) is 0 Å². The largest absolute Gasteiger partial charge is 0.388 e. The number of fused-ring (bicyclic) bond motifs is 2. The van der Waals surface area contributed by atoms with E-state index in [1.54, 1.807) is 18.2 Å². The monoisotopic (exact) mass is 305 g/mol. The molecule has 0 aliphatic rings. The molecule has 0 amide bonds. The molecule has 0 unspecified atom stereocenters. The van der Waals surface area contributed by atoms with Crippen molar-refractivity contribution in [1.82, 2.24) is 14.5 Å². The van der Waals surface area contributed by atoms with Gasteiger partial charge < -0.3 is 14.7 Å². The highest BCUT2D eigenvalue weighted by Gasteiger charge is 2.13. The lowest BCUT2D eigenvalue weighted by molar-refractivity contribution is 0.0904. The Balaban J connectivity index is 1.88. The van der Waals surface area contributed by atoms with Gasteiger partial charge in [-0.15, -0.1) is 0 Å². The number of aromatic amines is 1. The van der Waals surface area contributed by atoms with Gasteiger partial charge in [0.25, 0.3) is 0 Å². The van der Waals surface area contributed by atoms with Crippen molar-refractivity contribution in [3.8, 4) is 11.5 Å². The Kier molecular flexibility index (Phi) is 3.02. The van der Waals surface area contributed by atoms with Crippen molar-refractivity contribution < 1.29 is 9.90 Å². The lowest BCUT2D eigenvalue weighted by Gasteiger charge is -2.00. The third-order valence-electron chi connectivity index (χ3n) is 4.14. The number of nitrogens with one attached hydrogen (secondary N) is 1. The van der Waals surface area contributed by atoms with Crippen LogP contribution in [0.15, 0.2) is 48.5 Å². The highest BCUT2D eigenvalue weighted by atomic mass is 16.3. The fourth-order valence-corrected chi connectivity index (χ4v) is 2.91. The molecule has 5 nitrogen and oxygen atoms in total. The summed E-state index contributed by atoms with van der Waals surface area (Å²) in [4.78, 5) is 19.5. The molecule has 5 heteroatoms. The van der Waals surface area contributed by atoms with E-state index in [0.29, 0.717) is 5.56 Å². The number of benzene rings is 2. The highest BCUT2D eigenvalue weighted by molar-refractivity contribution is 6.00. The molecule has 4 rings (SSSR count). The summed E-state index contributed by atoms with van der Waals surface area (Å²) in [5, 5.41) is 10.1. The third kappa shape index (κ3) is 2.13. The lowest BCUT2D eigenvalue weighted by Crippen LogP contribution is -2.03. The molecule has 2 aromatic carbocycles. The van der Waals surface area contributed by atoms with E-state index < -0.39 is 6.61 Å². The van der Waals surface area contributed by atoms with Crippen LogP contribution in [0.25, 0.3) is 33.5 Å². The van der Waals surface area contributed by atoms with Crippen molar-refractivity contribution in [2.45, 2.75) is 0 Å². The van der Waals surface area contributed by atoms with Crippen LogP contribution < -0.4 is 0 Å². The van der Waals surface area contributed by atoms with Crippen LogP contribution in [0, 0.1) is 0 Å². The second-order valence-electron chi connectivity index (χ2n) is 5.55. The number of carbonyl (C=O) groups excluding carboxylic acids is 1. The van der Waals surface area contributed by atoms with Crippen LogP contribution in [0.4, 0.5) is 0 Å². The predicted molar refractivity (Wildman–Crippen MR) is 89.4 cm³/mol. The van der Waals surface area contributed by atoms with E-state index in [1.807, 2.05) is 19.2 Å². The fourth-order valence-electron chi connectivity index (χ4n) is 2.91. The van der Waals surface area contributed by atoms with E-state index in [9.17, 15) is 4.79 Å². The Hall–Kier alpha value is -2.92. The first-order chi connectivity index (χ1) is 11.2. The molecular formula is C18H15N3O2. The average Bonchev–Trinajstić information content (AvgIpc) is 3.15. The number of rotatable bonds is 3. The van der Waals surface area contributed by atoms with Gasteiger partial charge in [-0.3, -0.25) is 4.79 Å². The number of ketones is 1. The number of aromatic nitrogens is 3. The van der Waals surface area contributed by atoms with Gasteiger partial charge in [-0.05, 0) is 30.3 Å². The molecule has 2 heterocycles. The van der Waals surface area contributed by atoms with E-state index in [4.69, 9.17) is 5.11 Å².